The number of methoxy groups -OCH3 is 2. The van der Waals surface area contributed by atoms with Gasteiger partial charge in [-0.05, 0) is 127 Å². The molecule has 4 aromatic heterocycles. The van der Waals surface area contributed by atoms with E-state index in [9.17, 15) is 50.9 Å². The number of aromatic nitrogens is 7. The molecule has 13 heterocycles. The summed E-state index contributed by atoms with van der Waals surface area (Å²) < 4.78 is 73.2. The smallest absolute Gasteiger partial charge is 0.338 e. The Hall–Kier alpha value is -12.7. The van der Waals surface area contributed by atoms with Crippen molar-refractivity contribution in [3.05, 3.63) is 282 Å². The summed E-state index contributed by atoms with van der Waals surface area (Å²) in [5.74, 6) is 2.29. The predicted octanol–water partition coefficient (Wildman–Crippen LogP) is 10.8. The third-order valence-corrected chi connectivity index (χ3v) is 29.5. The zero-order chi connectivity index (χ0) is 98.2. The third-order valence-electron chi connectivity index (χ3n) is 25.0. The number of nitrogens with zero attached hydrogens (tertiary/aromatic N) is 18. The second-order valence-electron chi connectivity index (χ2n) is 34.3. The first-order chi connectivity index (χ1) is 67.6. The molecule has 0 saturated carbocycles. The molecule has 35 nitrogen and oxygen atoms in total. The molecule has 7 N–H and O–H groups in total. The van der Waals surface area contributed by atoms with Crippen LogP contribution in [0, 0.1) is 17.5 Å². The van der Waals surface area contributed by atoms with E-state index in [-0.39, 0.29) is 70.4 Å². The first-order valence-electron chi connectivity index (χ1n) is 45.0. The van der Waals surface area contributed by atoms with E-state index in [4.69, 9.17) is 58.1 Å². The van der Waals surface area contributed by atoms with Gasteiger partial charge in [-0.25, -0.2) is 61.6 Å². The van der Waals surface area contributed by atoms with E-state index in [1.165, 1.54) is 96.8 Å². The number of ether oxygens (including phenoxy) is 3. The lowest BCUT2D eigenvalue weighted by molar-refractivity contribution is -0.139. The number of amides is 7. The summed E-state index contributed by atoms with van der Waals surface area (Å²) in [5.41, 5.74) is 15.1. The number of H-pyrrole nitrogens is 1. The number of primary amides is 1. The van der Waals surface area contributed by atoms with Crippen LogP contribution in [0.15, 0.2) is 215 Å². The highest BCUT2D eigenvalue weighted by molar-refractivity contribution is 9.10. The molecule has 9 aliphatic rings. The van der Waals surface area contributed by atoms with Gasteiger partial charge in [0.05, 0.1) is 62.1 Å². The van der Waals surface area contributed by atoms with Gasteiger partial charge in [-0.3, -0.25) is 53.4 Å². The van der Waals surface area contributed by atoms with E-state index in [1.807, 2.05) is 101 Å². The van der Waals surface area contributed by atoms with Gasteiger partial charge >= 0.3 is 36.0 Å². The number of carbonyl (C=O) groups is 7. The van der Waals surface area contributed by atoms with Gasteiger partial charge in [0.2, 0.25) is 5.91 Å². The van der Waals surface area contributed by atoms with Gasteiger partial charge in [0.15, 0.2) is 38.4 Å². The number of rotatable bonds is 29. The van der Waals surface area contributed by atoms with Crippen LogP contribution in [-0.2, 0) is 68.8 Å². The van der Waals surface area contributed by atoms with Crippen molar-refractivity contribution in [3.8, 4) is 0 Å². The standard InChI is InChI=1S/C34H39BrFN7O4S2.C31H30ClFN10O3S.C30H29ClFN7O4S/c1-4-47-33(44)29-28(39-31(32-37-14-17-48-32)40-30(29)26-12-9-23(36)18-27(26)35)21-41-15-16-42-25(19-41)20-43(34(42)45)24-10-7-22(8-11-24)6-5-13-38-49(2,3)46;1-46-30(44)26-24(35-28(29-34-10-13-47-29)36-27(26)22-8-5-19(33)14-23(22)32)17-41-11-12-42-21(15-41)16-43(31(42)45)20-6-2-18(3-7-20)4-9-25-37-39-40-38-25;1-43-29(41)25-23(35-27(28-34-8-11-44-28)36-26(25)21-7-4-18(32)13-22(21)31)16-37-9-10-38-20(14-37)15-39(30(38)42)19-5-2-17(3-6-19)12-24(33)40/h7-12,14,17-18,25,30H,2,4-6,13,15-16,19-21H2,1,3H3,(H,38,46)(H,39,40);2-3,5-8,10,13-14,21,27H,4,9,11-12,15-17H2,1H3,(H,35,36)(H,37,38,39,40);2-8,11,13,20,26H,9-10,12,14-16H2,1H3,(H2,33,40)(H,35,36)/t25-,30-,49?;21-,27-;20-,26-/m000/s1. The van der Waals surface area contributed by atoms with Crippen molar-refractivity contribution in [1.82, 2.24) is 85.6 Å². The summed E-state index contributed by atoms with van der Waals surface area (Å²) in [4.78, 5) is 137. The molecule has 45 heteroatoms. The van der Waals surface area contributed by atoms with Crippen LogP contribution >= 0.6 is 73.1 Å². The largest absolute Gasteiger partial charge is 0.466 e. The number of nitrogens with one attached hydrogen (secondary N) is 5. The molecular formula is C95H98BrCl2F3N24O11S4. The number of thiazole rings is 3. The maximum absolute atomic E-state index is 14.1. The van der Waals surface area contributed by atoms with Crippen molar-refractivity contribution in [2.24, 2.45) is 20.7 Å². The fourth-order valence-corrected chi connectivity index (χ4v) is 21.8. The summed E-state index contributed by atoms with van der Waals surface area (Å²) in [6, 6.07) is 32.9. The number of aliphatic imine (C=N–C) groups is 3. The Balaban J connectivity index is 0.000000145. The molecule has 7 atom stereocenters. The number of fused-ring (bicyclic) bond motifs is 3. The number of amidine groups is 3. The van der Waals surface area contributed by atoms with E-state index in [2.05, 4.69) is 92.7 Å². The van der Waals surface area contributed by atoms with Gasteiger partial charge in [0.25, 0.3) is 0 Å². The Morgan fingerprint density at radius 3 is 1.27 bits per heavy atom. The Labute approximate surface area is 834 Å². The fourth-order valence-electron chi connectivity index (χ4n) is 18.4. The van der Waals surface area contributed by atoms with Gasteiger partial charge in [-0.1, -0.05) is 98.9 Å². The van der Waals surface area contributed by atoms with E-state index < -0.39 is 69.1 Å². The fraction of sp³-hybridized carbons (Fsp3) is 0.337. The van der Waals surface area contributed by atoms with Crippen molar-refractivity contribution in [2.75, 3.05) is 146 Å². The maximum atomic E-state index is 14.1. The molecular weight excluding hydrogens is 1990 g/mol. The topological polar surface area (TPSA) is 398 Å². The van der Waals surface area contributed by atoms with Crippen molar-refractivity contribution in [3.63, 3.8) is 0 Å². The number of hydrogen-bond acceptors (Lipinski definition) is 29. The zero-order valence-electron chi connectivity index (χ0n) is 76.3. The van der Waals surface area contributed by atoms with Crippen LogP contribution in [0.2, 0.25) is 10.0 Å². The molecule has 7 amide bonds. The maximum Gasteiger partial charge on any atom is 0.338 e. The number of anilines is 3. The van der Waals surface area contributed by atoms with Crippen LogP contribution < -0.4 is 41.1 Å². The quantitative estimate of drug-likeness (QED) is 0.0110. The summed E-state index contributed by atoms with van der Waals surface area (Å²) >= 11 is 20.7. The van der Waals surface area contributed by atoms with Gasteiger partial charge in [-0.15, -0.1) is 44.2 Å². The average Bonchev–Trinajstić information content (AvgIpc) is 0.909. The summed E-state index contributed by atoms with van der Waals surface area (Å²) in [7, 11) is 0.401. The van der Waals surface area contributed by atoms with Crippen molar-refractivity contribution in [2.45, 2.75) is 75.3 Å². The van der Waals surface area contributed by atoms with Crippen LogP contribution in [0.4, 0.5) is 44.6 Å². The molecule has 10 aromatic rings. The number of aromatic amines is 1. The highest BCUT2D eigenvalue weighted by Gasteiger charge is 2.47. The van der Waals surface area contributed by atoms with Gasteiger partial charge in [-0.2, -0.15) is 5.21 Å². The molecule has 0 spiro atoms. The van der Waals surface area contributed by atoms with Crippen LogP contribution in [-0.4, -0.2) is 284 Å². The second-order valence-corrected chi connectivity index (χ2v) is 41.0. The number of urea groups is 3. The Morgan fingerprint density at radius 1 is 0.529 bits per heavy atom. The number of esters is 3. The van der Waals surface area contributed by atoms with Crippen LogP contribution in [0.1, 0.15) is 85.7 Å². The number of halogens is 6. The molecule has 0 aliphatic carbocycles. The number of benzene rings is 6. The number of hydrogen-bond donors (Lipinski definition) is 6. The lowest BCUT2D eigenvalue weighted by Gasteiger charge is -2.38. The first-order valence-corrected chi connectivity index (χ1v) is 51.3. The highest BCUT2D eigenvalue weighted by atomic mass is 79.9. The molecule has 1 unspecified atom stereocenters. The SMILES string of the molecule is C=S(C)(=O)NCCCc1ccc(N2C[C@@H]3CN(CC4=C(C(=O)OCC)[C@H](c5ccc(F)cc5Br)N=C(c5nccs5)N4)CCN3C2=O)cc1.COC(=O)C1=C(CN2CCN3C(=O)N(c4ccc(CC(N)=O)cc4)C[C@@H]3C2)NC(c2nccs2)=N[C@H]1c1ccc(F)cc1Cl.COC(=O)C1=C(CN2CCN3C(=O)N(c4ccc(CCc5nn[nH]n5)cc4)C[C@@H]3C2)NC(c2nccs2)=N[C@H]1c1ccc(F)cc1Cl. The third kappa shape index (κ3) is 22.8. The number of carbonyl (C=O) groups excluding carboxylic acids is 7. The average molecular weight is 2090 g/mol. The molecule has 6 aromatic carbocycles. The molecule has 19 rings (SSSR count). The molecule has 730 valence electrons. The number of aryl methyl sites for hydroxylation is 3. The van der Waals surface area contributed by atoms with Crippen molar-refractivity contribution < 1.29 is 65.2 Å². The molecule has 0 bridgehead atoms. The predicted molar refractivity (Wildman–Crippen MR) is 533 cm³/mol. The van der Waals surface area contributed by atoms with E-state index in [0.717, 1.165) is 53.0 Å². The number of nitrogens with two attached hydrogens (primary N) is 1. The van der Waals surface area contributed by atoms with E-state index in [1.54, 1.807) is 54.9 Å². The minimum Gasteiger partial charge on any atom is -0.466 e. The lowest BCUT2D eigenvalue weighted by Crippen LogP contribution is -2.53. The lowest BCUT2D eigenvalue weighted by atomic mass is 9.95. The van der Waals surface area contributed by atoms with E-state index in [0.29, 0.717) is 193 Å². The monoisotopic (exact) mass is 2080 g/mol. The summed E-state index contributed by atoms with van der Waals surface area (Å²) in [6.45, 7) is 10.3. The van der Waals surface area contributed by atoms with Crippen molar-refractivity contribution >= 4 is 165 Å². The summed E-state index contributed by atoms with van der Waals surface area (Å²) in [5, 5.41) is 31.8. The van der Waals surface area contributed by atoms with E-state index >= 15 is 0 Å². The van der Waals surface area contributed by atoms with Gasteiger partial charge < -0.3 is 50.6 Å². The highest BCUT2D eigenvalue weighted by Crippen LogP contribution is 2.43. The molecule has 6 fully saturated rings. The normalized spacial score (nSPS) is 20.4. The zero-order valence-corrected chi connectivity index (χ0v) is 82.7. The molecule has 140 heavy (non-hydrogen) atoms. The Bertz CT molecular complexity index is 6610. The van der Waals surface area contributed by atoms with Gasteiger partial charge in [0.1, 0.15) is 35.6 Å². The number of tetrazole rings is 1. The second kappa shape index (κ2) is 44.0. The minimum atomic E-state index is -2.21. The van der Waals surface area contributed by atoms with Crippen LogP contribution in [0.25, 0.3) is 0 Å². The van der Waals surface area contributed by atoms with Crippen LogP contribution in [0.5, 0.6) is 0 Å². The van der Waals surface area contributed by atoms with Crippen LogP contribution in [0.3, 0.4) is 0 Å². The minimum absolute atomic E-state index is 0.0172. The number of piperazine rings is 3. The first kappa shape index (κ1) is 98.9. The Morgan fingerprint density at radius 2 is 0.914 bits per heavy atom. The summed E-state index contributed by atoms with van der Waals surface area (Å²) in [6.07, 6.45) is 9.85. The molecule has 6 saturated heterocycles. The molecule has 9 aliphatic heterocycles. The Kier molecular flexibility index (Phi) is 31.1. The van der Waals surface area contributed by atoms with Crippen molar-refractivity contribution in [1.29, 1.82) is 0 Å². The molecule has 0 radical (unpaired) electrons. The van der Waals surface area contributed by atoms with Gasteiger partial charge in [0, 0.05) is 222 Å².